The number of hydrogen-bond acceptors (Lipinski definition) is 8. The van der Waals surface area contributed by atoms with Gasteiger partial charge in [-0.2, -0.15) is 4.98 Å². The van der Waals surface area contributed by atoms with E-state index in [9.17, 15) is 14.0 Å². The number of carbonyl (C=O) groups is 1. The number of carbonyl (C=O) groups excluding carboxylic acids is 1. The summed E-state index contributed by atoms with van der Waals surface area (Å²) in [6.45, 7) is -0.0368. The zero-order valence-electron chi connectivity index (χ0n) is 14.4. The number of nitrogens with zero attached hydrogens (tertiary/aromatic N) is 4. The molecule has 142 valence electrons. The summed E-state index contributed by atoms with van der Waals surface area (Å²) in [6.07, 6.45) is 1.41. The van der Waals surface area contributed by atoms with Crippen LogP contribution < -0.4 is 5.56 Å². The molecule has 0 aliphatic carbocycles. The highest BCUT2D eigenvalue weighted by molar-refractivity contribution is 7.16. The van der Waals surface area contributed by atoms with Crippen molar-refractivity contribution in [2.45, 2.75) is 19.6 Å². The number of halogens is 1. The molecular formula is C18H13FN4O4S. The predicted octanol–water partition coefficient (Wildman–Crippen LogP) is 2.78. The van der Waals surface area contributed by atoms with Crippen LogP contribution in [0.2, 0.25) is 0 Å². The van der Waals surface area contributed by atoms with E-state index in [1.165, 1.54) is 46.5 Å². The molecule has 0 spiro atoms. The number of aryl methyl sites for hydroxylation is 1. The second-order valence-corrected chi connectivity index (χ2v) is 6.71. The minimum absolute atomic E-state index is 0.00378. The third kappa shape index (κ3) is 3.81. The van der Waals surface area contributed by atoms with Crippen LogP contribution >= 0.6 is 11.3 Å². The smallest absolute Gasteiger partial charge is 0.308 e. The van der Waals surface area contributed by atoms with Gasteiger partial charge in [0.05, 0.1) is 18.1 Å². The van der Waals surface area contributed by atoms with E-state index in [2.05, 4.69) is 15.1 Å². The number of benzene rings is 1. The molecule has 0 bridgehead atoms. The van der Waals surface area contributed by atoms with Crippen LogP contribution in [0.1, 0.15) is 12.3 Å². The van der Waals surface area contributed by atoms with E-state index < -0.39 is 5.97 Å². The Balaban J connectivity index is 1.32. The molecule has 0 amide bonds. The van der Waals surface area contributed by atoms with E-state index >= 15 is 0 Å². The average Bonchev–Trinajstić information content (AvgIpc) is 3.36. The highest BCUT2D eigenvalue weighted by Crippen LogP contribution is 2.16. The van der Waals surface area contributed by atoms with Gasteiger partial charge in [0.25, 0.3) is 11.4 Å². The molecule has 8 nitrogen and oxygen atoms in total. The predicted molar refractivity (Wildman–Crippen MR) is 98.0 cm³/mol. The fraction of sp³-hybridized carbons (Fsp3) is 0.167. The van der Waals surface area contributed by atoms with Gasteiger partial charge in [-0.3, -0.25) is 14.2 Å². The van der Waals surface area contributed by atoms with Crippen LogP contribution in [0.4, 0.5) is 4.39 Å². The SMILES string of the molecule is O=C(CCn1cnc2sccc2c1=O)OCc1nc(-c2ccc(F)cc2)no1. The van der Waals surface area contributed by atoms with Gasteiger partial charge < -0.3 is 9.26 Å². The Bertz CT molecular complexity index is 1180. The van der Waals surface area contributed by atoms with Gasteiger partial charge in [0.1, 0.15) is 10.6 Å². The fourth-order valence-corrected chi connectivity index (χ4v) is 3.23. The Morgan fingerprint density at radius 3 is 2.89 bits per heavy atom. The van der Waals surface area contributed by atoms with Crippen molar-refractivity contribution >= 4 is 27.5 Å². The number of fused-ring (bicyclic) bond motifs is 1. The summed E-state index contributed by atoms with van der Waals surface area (Å²) in [5.41, 5.74) is 0.387. The normalized spacial score (nSPS) is 11.0. The van der Waals surface area contributed by atoms with Crippen molar-refractivity contribution in [3.63, 3.8) is 0 Å². The maximum Gasteiger partial charge on any atom is 0.308 e. The monoisotopic (exact) mass is 400 g/mol. The van der Waals surface area contributed by atoms with Gasteiger partial charge in [-0.25, -0.2) is 9.37 Å². The number of thiophene rings is 1. The van der Waals surface area contributed by atoms with E-state index in [1.54, 1.807) is 11.4 Å². The standard InChI is InChI=1S/C18H13FN4O4S/c19-12-3-1-11(2-4-12)16-21-14(27-22-16)9-26-15(24)5-7-23-10-20-17-13(18(23)25)6-8-28-17/h1-4,6,8,10H,5,7,9H2. The van der Waals surface area contributed by atoms with Gasteiger partial charge in [0, 0.05) is 12.1 Å². The first kappa shape index (κ1) is 18.0. The lowest BCUT2D eigenvalue weighted by atomic mass is 10.2. The average molecular weight is 400 g/mol. The molecule has 4 aromatic rings. The number of aromatic nitrogens is 4. The summed E-state index contributed by atoms with van der Waals surface area (Å²) in [5, 5.41) is 6.09. The van der Waals surface area contributed by atoms with Gasteiger partial charge in [0.2, 0.25) is 5.82 Å². The van der Waals surface area contributed by atoms with Gasteiger partial charge in [-0.1, -0.05) is 5.16 Å². The van der Waals surface area contributed by atoms with E-state index in [1.807, 2.05) is 0 Å². The van der Waals surface area contributed by atoms with Gasteiger partial charge in [-0.05, 0) is 35.7 Å². The third-order valence-corrected chi connectivity index (χ3v) is 4.76. The Kier molecular flexibility index (Phi) is 4.94. The van der Waals surface area contributed by atoms with Crippen molar-refractivity contribution in [1.82, 2.24) is 19.7 Å². The molecule has 0 atom stereocenters. The van der Waals surface area contributed by atoms with Crippen molar-refractivity contribution in [1.29, 1.82) is 0 Å². The molecule has 0 unspecified atom stereocenters. The van der Waals surface area contributed by atoms with Crippen LogP contribution in [0.25, 0.3) is 21.6 Å². The summed E-state index contributed by atoms with van der Waals surface area (Å²) in [6, 6.07) is 7.32. The maximum absolute atomic E-state index is 13.0. The minimum atomic E-state index is -0.515. The Morgan fingerprint density at radius 1 is 1.25 bits per heavy atom. The minimum Gasteiger partial charge on any atom is -0.456 e. The molecule has 3 heterocycles. The van der Waals surface area contributed by atoms with E-state index in [0.29, 0.717) is 15.8 Å². The lowest BCUT2D eigenvalue weighted by Crippen LogP contribution is -2.21. The van der Waals surface area contributed by atoms with E-state index in [0.717, 1.165) is 0 Å². The molecule has 3 aromatic heterocycles. The highest BCUT2D eigenvalue weighted by Gasteiger charge is 2.12. The number of rotatable bonds is 6. The molecule has 0 aliphatic rings. The third-order valence-electron chi connectivity index (χ3n) is 3.93. The lowest BCUT2D eigenvalue weighted by molar-refractivity contribution is -0.146. The molecular weight excluding hydrogens is 387 g/mol. The number of esters is 1. The van der Waals surface area contributed by atoms with Crippen LogP contribution in [0, 0.1) is 5.82 Å². The Labute approximate surface area is 161 Å². The molecule has 4 rings (SSSR count). The zero-order valence-corrected chi connectivity index (χ0v) is 15.2. The fourth-order valence-electron chi connectivity index (χ4n) is 2.51. The van der Waals surface area contributed by atoms with E-state index in [-0.39, 0.29) is 42.7 Å². The summed E-state index contributed by atoms with van der Waals surface area (Å²) in [4.78, 5) is 33.2. The first-order valence-electron chi connectivity index (χ1n) is 8.27. The number of hydrogen-bond donors (Lipinski definition) is 0. The Morgan fingerprint density at radius 2 is 2.07 bits per heavy atom. The molecule has 0 aliphatic heterocycles. The molecule has 0 saturated heterocycles. The van der Waals surface area contributed by atoms with Crippen LogP contribution in [0.5, 0.6) is 0 Å². The largest absolute Gasteiger partial charge is 0.456 e. The van der Waals surface area contributed by atoms with Crippen molar-refractivity contribution in [3.8, 4) is 11.4 Å². The first-order valence-corrected chi connectivity index (χ1v) is 9.15. The molecule has 0 saturated carbocycles. The lowest BCUT2D eigenvalue weighted by Gasteiger charge is -2.05. The molecule has 28 heavy (non-hydrogen) atoms. The quantitative estimate of drug-likeness (QED) is 0.459. The van der Waals surface area contributed by atoms with Crippen LogP contribution in [0.3, 0.4) is 0 Å². The van der Waals surface area contributed by atoms with Crippen LogP contribution in [-0.2, 0) is 22.7 Å². The van der Waals surface area contributed by atoms with Gasteiger partial charge in [-0.15, -0.1) is 11.3 Å². The van der Waals surface area contributed by atoms with Crippen molar-refractivity contribution in [2.24, 2.45) is 0 Å². The maximum atomic E-state index is 13.0. The second kappa shape index (κ2) is 7.69. The highest BCUT2D eigenvalue weighted by atomic mass is 32.1. The molecule has 10 heteroatoms. The van der Waals surface area contributed by atoms with Crippen LogP contribution in [-0.4, -0.2) is 25.7 Å². The van der Waals surface area contributed by atoms with Crippen LogP contribution in [0.15, 0.2) is 51.4 Å². The molecule has 1 aromatic carbocycles. The van der Waals surface area contributed by atoms with Crippen molar-refractivity contribution in [3.05, 3.63) is 64.1 Å². The van der Waals surface area contributed by atoms with Gasteiger partial charge >= 0.3 is 5.97 Å². The number of ether oxygens (including phenoxy) is 1. The summed E-state index contributed by atoms with van der Waals surface area (Å²) in [5.74, 6) is -0.494. The second-order valence-electron chi connectivity index (χ2n) is 5.81. The Hall–Kier alpha value is -3.40. The summed E-state index contributed by atoms with van der Waals surface area (Å²) < 4.78 is 24.4. The molecule has 0 fully saturated rings. The van der Waals surface area contributed by atoms with Gasteiger partial charge in [0.15, 0.2) is 6.61 Å². The zero-order chi connectivity index (χ0) is 19.5. The summed E-state index contributed by atoms with van der Waals surface area (Å²) in [7, 11) is 0. The summed E-state index contributed by atoms with van der Waals surface area (Å²) >= 11 is 1.38. The van der Waals surface area contributed by atoms with Crippen molar-refractivity contribution < 1.29 is 18.4 Å². The molecule has 0 radical (unpaired) electrons. The first-order chi connectivity index (χ1) is 13.6. The van der Waals surface area contributed by atoms with E-state index in [4.69, 9.17) is 9.26 Å². The van der Waals surface area contributed by atoms with Crippen molar-refractivity contribution in [2.75, 3.05) is 0 Å². The molecule has 0 N–H and O–H groups in total. The topological polar surface area (TPSA) is 100 Å².